The Morgan fingerprint density at radius 3 is 3.22 bits per heavy atom. The van der Waals surface area contributed by atoms with E-state index in [0.29, 0.717) is 12.5 Å². The largest absolute Gasteiger partial charge is 0.492 e. The van der Waals surface area contributed by atoms with Crippen LogP contribution in [0.4, 0.5) is 0 Å². The van der Waals surface area contributed by atoms with Crippen molar-refractivity contribution < 1.29 is 4.74 Å². The normalized spacial score (nSPS) is 17.5. The highest BCUT2D eigenvalue weighted by molar-refractivity contribution is 7.11. The summed E-state index contributed by atoms with van der Waals surface area (Å²) in [5.41, 5.74) is 1.27. The van der Waals surface area contributed by atoms with Gasteiger partial charge in [0.1, 0.15) is 17.4 Å². The molecule has 1 aromatic carbocycles. The molecule has 0 saturated heterocycles. The molecule has 4 heteroatoms. The van der Waals surface area contributed by atoms with Crippen molar-refractivity contribution in [3.05, 3.63) is 45.9 Å². The minimum atomic E-state index is 0.307. The number of hydrogen-bond acceptors (Lipinski definition) is 4. The second-order valence-electron chi connectivity index (χ2n) is 4.35. The van der Waals surface area contributed by atoms with Gasteiger partial charge in [-0.3, -0.25) is 0 Å². The topological polar surface area (TPSA) is 34.2 Å². The summed E-state index contributed by atoms with van der Waals surface area (Å²) in [6, 6.07) is 8.24. The number of hydrogen-bond donors (Lipinski definition) is 1. The van der Waals surface area contributed by atoms with Gasteiger partial charge in [0, 0.05) is 23.2 Å². The molecule has 1 aliphatic heterocycles. The molecule has 2 aromatic rings. The zero-order chi connectivity index (χ0) is 12.4. The van der Waals surface area contributed by atoms with E-state index in [-0.39, 0.29) is 0 Å². The first-order valence-corrected chi connectivity index (χ1v) is 7.07. The molecular formula is C14H16N2OS. The molecule has 1 aromatic heterocycles. The van der Waals surface area contributed by atoms with Crippen LogP contribution in [-0.4, -0.2) is 18.1 Å². The van der Waals surface area contributed by atoms with E-state index in [1.165, 1.54) is 10.4 Å². The van der Waals surface area contributed by atoms with Gasteiger partial charge in [-0.25, -0.2) is 4.98 Å². The molecule has 0 fully saturated rings. The van der Waals surface area contributed by atoms with E-state index < -0.39 is 0 Å². The number of nitrogens with zero attached hydrogens (tertiary/aromatic N) is 1. The van der Waals surface area contributed by atoms with E-state index in [0.717, 1.165) is 23.8 Å². The molecule has 1 aliphatic rings. The number of rotatable bonds is 4. The fourth-order valence-electron chi connectivity index (χ4n) is 2.18. The van der Waals surface area contributed by atoms with Crippen molar-refractivity contribution in [2.45, 2.75) is 19.4 Å². The number of ether oxygens (including phenoxy) is 1. The maximum Gasteiger partial charge on any atom is 0.123 e. The van der Waals surface area contributed by atoms with Crippen LogP contribution >= 0.6 is 11.3 Å². The van der Waals surface area contributed by atoms with E-state index in [9.17, 15) is 0 Å². The summed E-state index contributed by atoms with van der Waals surface area (Å²) < 4.78 is 5.71. The molecule has 3 nitrogen and oxygen atoms in total. The van der Waals surface area contributed by atoms with Gasteiger partial charge < -0.3 is 10.1 Å². The average molecular weight is 260 g/mol. The van der Waals surface area contributed by atoms with Crippen LogP contribution in [0.5, 0.6) is 5.75 Å². The molecular weight excluding hydrogens is 244 g/mol. The predicted octanol–water partition coefficient (Wildman–Crippen LogP) is 2.78. The van der Waals surface area contributed by atoms with Gasteiger partial charge in [-0.15, -0.1) is 11.3 Å². The molecule has 0 aliphatic carbocycles. The lowest BCUT2D eigenvalue weighted by Gasteiger charge is -2.03. The molecule has 0 radical (unpaired) electrons. The van der Waals surface area contributed by atoms with Gasteiger partial charge in [-0.1, -0.05) is 25.1 Å². The van der Waals surface area contributed by atoms with Crippen LogP contribution in [-0.2, 0) is 6.54 Å². The van der Waals surface area contributed by atoms with Crippen molar-refractivity contribution in [2.24, 2.45) is 0 Å². The Hall–Kier alpha value is -1.39. The number of thiazole rings is 1. The Kier molecular flexibility index (Phi) is 3.30. The Labute approximate surface area is 111 Å². The van der Waals surface area contributed by atoms with Crippen LogP contribution in [0.25, 0.3) is 0 Å². The fraction of sp³-hybridized carbons (Fsp3) is 0.357. The summed E-state index contributed by atoms with van der Waals surface area (Å²) in [6.45, 7) is 4.72. The van der Waals surface area contributed by atoms with Gasteiger partial charge in [-0.05, 0) is 12.6 Å². The van der Waals surface area contributed by atoms with Gasteiger partial charge in [0.2, 0.25) is 0 Å². The maximum atomic E-state index is 5.71. The van der Waals surface area contributed by atoms with E-state index in [2.05, 4.69) is 29.4 Å². The van der Waals surface area contributed by atoms with Crippen molar-refractivity contribution in [3.63, 3.8) is 0 Å². The number of benzene rings is 1. The summed E-state index contributed by atoms with van der Waals surface area (Å²) in [7, 11) is 0. The number of aromatic nitrogens is 1. The van der Waals surface area contributed by atoms with Crippen LogP contribution in [0, 0.1) is 0 Å². The molecule has 0 spiro atoms. The lowest BCUT2D eigenvalue weighted by molar-refractivity contribution is 0.343. The lowest BCUT2D eigenvalue weighted by Crippen LogP contribution is -2.10. The van der Waals surface area contributed by atoms with Crippen molar-refractivity contribution >= 4 is 11.3 Å². The minimum absolute atomic E-state index is 0.307. The van der Waals surface area contributed by atoms with Crippen LogP contribution in [0.3, 0.4) is 0 Å². The molecule has 2 heterocycles. The number of para-hydroxylation sites is 1. The Morgan fingerprint density at radius 2 is 2.33 bits per heavy atom. The first kappa shape index (κ1) is 11.7. The van der Waals surface area contributed by atoms with Crippen molar-refractivity contribution in [2.75, 3.05) is 13.2 Å². The monoisotopic (exact) mass is 260 g/mol. The second-order valence-corrected chi connectivity index (χ2v) is 5.49. The molecule has 0 saturated carbocycles. The zero-order valence-electron chi connectivity index (χ0n) is 10.3. The van der Waals surface area contributed by atoms with Crippen LogP contribution in [0.2, 0.25) is 0 Å². The molecule has 3 rings (SSSR count). The highest BCUT2D eigenvalue weighted by atomic mass is 32.1. The smallest absolute Gasteiger partial charge is 0.123 e. The molecule has 0 amide bonds. The standard InChI is InChI=1S/C14H16N2OS/c1-2-15-7-10-8-16-14(18-10)12-9-17-13-6-4-3-5-11(12)13/h3-6,8,12,15H,2,7,9H2,1H3. The summed E-state index contributed by atoms with van der Waals surface area (Å²) in [5.74, 6) is 1.31. The van der Waals surface area contributed by atoms with E-state index in [4.69, 9.17) is 4.74 Å². The highest BCUT2D eigenvalue weighted by Crippen LogP contribution is 2.39. The first-order valence-electron chi connectivity index (χ1n) is 6.25. The van der Waals surface area contributed by atoms with Gasteiger partial charge in [0.05, 0.1) is 5.92 Å². The van der Waals surface area contributed by atoms with Gasteiger partial charge in [-0.2, -0.15) is 0 Å². The average Bonchev–Trinajstić information content (AvgIpc) is 3.02. The Morgan fingerprint density at radius 1 is 1.44 bits per heavy atom. The van der Waals surface area contributed by atoms with Crippen LogP contribution < -0.4 is 10.1 Å². The third-order valence-corrected chi connectivity index (χ3v) is 4.23. The summed E-state index contributed by atoms with van der Waals surface area (Å²) in [4.78, 5) is 5.84. The summed E-state index contributed by atoms with van der Waals surface area (Å²) in [5, 5.41) is 4.49. The van der Waals surface area contributed by atoms with Crippen molar-refractivity contribution in [1.82, 2.24) is 10.3 Å². The van der Waals surface area contributed by atoms with E-state index >= 15 is 0 Å². The third kappa shape index (κ3) is 2.13. The highest BCUT2D eigenvalue weighted by Gasteiger charge is 2.27. The number of fused-ring (bicyclic) bond motifs is 1. The Bertz CT molecular complexity index is 538. The van der Waals surface area contributed by atoms with Crippen LogP contribution in [0.1, 0.15) is 28.3 Å². The summed E-state index contributed by atoms with van der Waals surface area (Å²) >= 11 is 1.78. The van der Waals surface area contributed by atoms with Crippen LogP contribution in [0.15, 0.2) is 30.5 Å². The zero-order valence-corrected chi connectivity index (χ0v) is 11.2. The number of nitrogens with one attached hydrogen (secondary N) is 1. The molecule has 0 bridgehead atoms. The van der Waals surface area contributed by atoms with Crippen molar-refractivity contribution in [1.29, 1.82) is 0 Å². The van der Waals surface area contributed by atoms with E-state index in [1.807, 2.05) is 18.3 Å². The Balaban J connectivity index is 1.82. The first-order chi connectivity index (χ1) is 8.88. The molecule has 18 heavy (non-hydrogen) atoms. The van der Waals surface area contributed by atoms with E-state index in [1.54, 1.807) is 11.3 Å². The molecule has 1 atom stereocenters. The molecule has 94 valence electrons. The SMILES string of the molecule is CCNCc1cnc(C2COc3ccccc32)s1. The molecule has 1 N–H and O–H groups in total. The van der Waals surface area contributed by atoms with Gasteiger partial charge in [0.15, 0.2) is 0 Å². The van der Waals surface area contributed by atoms with Crippen molar-refractivity contribution in [3.8, 4) is 5.75 Å². The third-order valence-electron chi connectivity index (χ3n) is 3.12. The maximum absolute atomic E-state index is 5.71. The molecule has 1 unspecified atom stereocenters. The second kappa shape index (κ2) is 5.08. The summed E-state index contributed by atoms with van der Waals surface area (Å²) in [6.07, 6.45) is 1.98. The predicted molar refractivity (Wildman–Crippen MR) is 73.3 cm³/mol. The lowest BCUT2D eigenvalue weighted by atomic mass is 10.0. The van der Waals surface area contributed by atoms with Gasteiger partial charge >= 0.3 is 0 Å². The van der Waals surface area contributed by atoms with Gasteiger partial charge in [0.25, 0.3) is 0 Å². The minimum Gasteiger partial charge on any atom is -0.492 e. The quantitative estimate of drug-likeness (QED) is 0.918. The fourth-order valence-corrected chi connectivity index (χ4v) is 3.17.